The summed E-state index contributed by atoms with van der Waals surface area (Å²) >= 11 is 0. The van der Waals surface area contributed by atoms with Crippen LogP contribution in [-0.2, 0) is 6.54 Å². The zero-order valence-electron chi connectivity index (χ0n) is 17.2. The molecule has 1 heterocycles. The van der Waals surface area contributed by atoms with Gasteiger partial charge in [-0.05, 0) is 29.1 Å². The Kier molecular flexibility index (Phi) is 5.44. The van der Waals surface area contributed by atoms with Gasteiger partial charge in [-0.2, -0.15) is 0 Å². The number of hydrogen-bond donors (Lipinski definition) is 0. The minimum Gasteiger partial charge on any atom is -0.493 e. The first-order valence-electron chi connectivity index (χ1n) is 9.63. The van der Waals surface area contributed by atoms with Crippen LogP contribution in [0.3, 0.4) is 0 Å². The summed E-state index contributed by atoms with van der Waals surface area (Å²) in [6, 6.07) is 21.3. The minimum absolute atomic E-state index is 0.0300. The van der Waals surface area contributed by atoms with Gasteiger partial charge in [0.25, 0.3) is 5.56 Å². The molecule has 0 unspecified atom stereocenters. The van der Waals surface area contributed by atoms with Crippen LogP contribution in [0.5, 0.6) is 17.2 Å². The van der Waals surface area contributed by atoms with Crippen molar-refractivity contribution in [3.05, 3.63) is 88.8 Å². The maximum atomic E-state index is 13.2. The molecular weight excluding hydrogens is 378 g/mol. The van der Waals surface area contributed by atoms with Crippen LogP contribution in [0.4, 0.5) is 0 Å². The van der Waals surface area contributed by atoms with Crippen molar-refractivity contribution in [2.24, 2.45) is 0 Å². The lowest BCUT2D eigenvalue weighted by molar-refractivity contribution is 0.325. The molecule has 1 aromatic heterocycles. The standard InChI is InChI=1S/C25H23NO4/c1-28-22-14-13-19(23(29-2)24(22)30-3)21-16-26(15-17-9-5-4-6-10-17)25(27)20-12-8-7-11-18(20)21/h4-14,16H,15H2,1-3H3. The predicted octanol–water partition coefficient (Wildman–Crippen LogP) is 4.74. The fourth-order valence-corrected chi connectivity index (χ4v) is 3.77. The third kappa shape index (κ3) is 3.39. The molecule has 5 heteroatoms. The van der Waals surface area contributed by atoms with E-state index in [9.17, 15) is 4.79 Å². The Balaban J connectivity index is 2.00. The Labute approximate surface area is 175 Å². The fraction of sp³-hybridized carbons (Fsp3) is 0.160. The molecule has 0 aliphatic carbocycles. The molecule has 0 aliphatic rings. The third-order valence-electron chi connectivity index (χ3n) is 5.18. The number of fused-ring (bicyclic) bond motifs is 1. The van der Waals surface area contributed by atoms with Crippen molar-refractivity contribution in [1.29, 1.82) is 0 Å². The van der Waals surface area contributed by atoms with E-state index >= 15 is 0 Å². The molecule has 0 N–H and O–H groups in total. The van der Waals surface area contributed by atoms with E-state index in [1.165, 1.54) is 0 Å². The van der Waals surface area contributed by atoms with E-state index in [1.807, 2.05) is 72.9 Å². The van der Waals surface area contributed by atoms with Crippen LogP contribution in [0.15, 0.2) is 77.7 Å². The van der Waals surface area contributed by atoms with Gasteiger partial charge >= 0.3 is 0 Å². The topological polar surface area (TPSA) is 49.7 Å². The van der Waals surface area contributed by atoms with Crippen LogP contribution >= 0.6 is 0 Å². The highest BCUT2D eigenvalue weighted by molar-refractivity contribution is 5.98. The van der Waals surface area contributed by atoms with Gasteiger partial charge in [0, 0.05) is 22.7 Å². The van der Waals surface area contributed by atoms with Crippen molar-refractivity contribution >= 4 is 10.8 Å². The van der Waals surface area contributed by atoms with Crippen LogP contribution in [0, 0.1) is 0 Å². The van der Waals surface area contributed by atoms with Gasteiger partial charge in [-0.1, -0.05) is 48.5 Å². The molecule has 4 aromatic rings. The van der Waals surface area contributed by atoms with E-state index < -0.39 is 0 Å². The molecule has 0 bridgehead atoms. The molecule has 30 heavy (non-hydrogen) atoms. The van der Waals surface area contributed by atoms with E-state index in [0.29, 0.717) is 29.2 Å². The largest absolute Gasteiger partial charge is 0.493 e. The van der Waals surface area contributed by atoms with Crippen molar-refractivity contribution < 1.29 is 14.2 Å². The lowest BCUT2D eigenvalue weighted by Gasteiger charge is -2.18. The number of rotatable bonds is 6. The van der Waals surface area contributed by atoms with Gasteiger partial charge in [0.1, 0.15) is 0 Å². The number of hydrogen-bond acceptors (Lipinski definition) is 4. The molecule has 152 valence electrons. The van der Waals surface area contributed by atoms with Crippen molar-refractivity contribution in [3.63, 3.8) is 0 Å². The number of aromatic nitrogens is 1. The van der Waals surface area contributed by atoms with Crippen LogP contribution in [0.2, 0.25) is 0 Å². The molecule has 0 fully saturated rings. The summed E-state index contributed by atoms with van der Waals surface area (Å²) in [6.07, 6.45) is 1.89. The monoisotopic (exact) mass is 401 g/mol. The normalized spacial score (nSPS) is 10.8. The zero-order chi connectivity index (χ0) is 21.1. The van der Waals surface area contributed by atoms with E-state index in [1.54, 1.807) is 25.9 Å². The first kappa shape index (κ1) is 19.6. The summed E-state index contributed by atoms with van der Waals surface area (Å²) in [6.45, 7) is 0.479. The number of ether oxygens (including phenoxy) is 3. The van der Waals surface area contributed by atoms with Crippen LogP contribution in [-0.4, -0.2) is 25.9 Å². The molecule has 0 aliphatic heterocycles. The molecule has 0 spiro atoms. The number of pyridine rings is 1. The highest BCUT2D eigenvalue weighted by atomic mass is 16.5. The molecule has 0 saturated carbocycles. The molecule has 0 atom stereocenters. The number of nitrogens with zero attached hydrogens (tertiary/aromatic N) is 1. The summed E-state index contributed by atoms with van der Waals surface area (Å²) in [5, 5.41) is 1.51. The lowest BCUT2D eigenvalue weighted by Crippen LogP contribution is -2.21. The molecule has 4 rings (SSSR count). The Bertz CT molecular complexity index is 1250. The number of methoxy groups -OCH3 is 3. The molecule has 0 saturated heterocycles. The van der Waals surface area contributed by atoms with Gasteiger partial charge in [0.2, 0.25) is 5.75 Å². The summed E-state index contributed by atoms with van der Waals surface area (Å²) in [5.41, 5.74) is 2.74. The second kappa shape index (κ2) is 8.33. The molecule has 5 nitrogen and oxygen atoms in total. The number of benzene rings is 3. The van der Waals surface area contributed by atoms with Crippen LogP contribution in [0.25, 0.3) is 21.9 Å². The van der Waals surface area contributed by atoms with Gasteiger partial charge in [-0.25, -0.2) is 0 Å². The first-order valence-corrected chi connectivity index (χ1v) is 9.63. The van der Waals surface area contributed by atoms with Crippen molar-refractivity contribution in [2.45, 2.75) is 6.54 Å². The Morgan fingerprint density at radius 3 is 2.03 bits per heavy atom. The van der Waals surface area contributed by atoms with Crippen molar-refractivity contribution in [3.8, 4) is 28.4 Å². The Morgan fingerprint density at radius 2 is 1.37 bits per heavy atom. The SMILES string of the molecule is COc1ccc(-c2cn(Cc3ccccc3)c(=O)c3ccccc23)c(OC)c1OC. The second-order valence-electron chi connectivity index (χ2n) is 6.89. The molecule has 3 aromatic carbocycles. The average molecular weight is 401 g/mol. The van der Waals surface area contributed by atoms with Crippen LogP contribution < -0.4 is 19.8 Å². The van der Waals surface area contributed by atoms with Gasteiger partial charge < -0.3 is 18.8 Å². The van der Waals surface area contributed by atoms with Crippen LogP contribution in [0.1, 0.15) is 5.56 Å². The quantitative estimate of drug-likeness (QED) is 0.468. The molecular formula is C25H23NO4. The maximum absolute atomic E-state index is 13.2. The molecule has 0 radical (unpaired) electrons. The lowest BCUT2D eigenvalue weighted by atomic mass is 9.99. The van der Waals surface area contributed by atoms with Crippen molar-refractivity contribution in [2.75, 3.05) is 21.3 Å². The summed E-state index contributed by atoms with van der Waals surface area (Å²) in [4.78, 5) is 13.2. The third-order valence-corrected chi connectivity index (χ3v) is 5.18. The summed E-state index contributed by atoms with van der Waals surface area (Å²) in [7, 11) is 4.77. The Hall–Kier alpha value is -3.73. The molecule has 0 amide bonds. The van der Waals surface area contributed by atoms with Gasteiger partial charge in [0.15, 0.2) is 11.5 Å². The van der Waals surface area contributed by atoms with E-state index in [4.69, 9.17) is 14.2 Å². The van der Waals surface area contributed by atoms with E-state index in [2.05, 4.69) is 0 Å². The zero-order valence-corrected chi connectivity index (χ0v) is 17.2. The highest BCUT2D eigenvalue weighted by Crippen LogP contribution is 2.45. The smallest absolute Gasteiger partial charge is 0.258 e. The summed E-state index contributed by atoms with van der Waals surface area (Å²) in [5.74, 6) is 1.66. The van der Waals surface area contributed by atoms with Crippen molar-refractivity contribution in [1.82, 2.24) is 4.57 Å². The van der Waals surface area contributed by atoms with Gasteiger partial charge in [-0.3, -0.25) is 4.79 Å². The first-order chi connectivity index (χ1) is 14.7. The highest BCUT2D eigenvalue weighted by Gasteiger charge is 2.20. The summed E-state index contributed by atoms with van der Waals surface area (Å²) < 4.78 is 18.4. The van der Waals surface area contributed by atoms with E-state index in [0.717, 1.165) is 22.1 Å². The predicted molar refractivity (Wildman–Crippen MR) is 119 cm³/mol. The fourth-order valence-electron chi connectivity index (χ4n) is 3.77. The average Bonchev–Trinajstić information content (AvgIpc) is 2.80. The maximum Gasteiger partial charge on any atom is 0.258 e. The minimum atomic E-state index is -0.0300. The second-order valence-corrected chi connectivity index (χ2v) is 6.89. The Morgan fingerprint density at radius 1 is 0.700 bits per heavy atom. The van der Waals surface area contributed by atoms with E-state index in [-0.39, 0.29) is 5.56 Å². The van der Waals surface area contributed by atoms with Gasteiger partial charge in [0.05, 0.1) is 27.9 Å². The van der Waals surface area contributed by atoms with Gasteiger partial charge in [-0.15, -0.1) is 0 Å².